The summed E-state index contributed by atoms with van der Waals surface area (Å²) in [5, 5.41) is 12.7. The van der Waals surface area contributed by atoms with Gasteiger partial charge in [0.2, 0.25) is 5.91 Å². The summed E-state index contributed by atoms with van der Waals surface area (Å²) in [6, 6.07) is 12.9. The van der Waals surface area contributed by atoms with Crippen LogP contribution in [0.1, 0.15) is 23.1 Å². The molecule has 0 saturated heterocycles. The average molecular weight is 367 g/mol. The average Bonchev–Trinajstić information content (AvgIpc) is 3.07. The first-order chi connectivity index (χ1) is 13.0. The first kappa shape index (κ1) is 17.4. The maximum absolute atomic E-state index is 12.9. The van der Waals surface area contributed by atoms with Gasteiger partial charge in [-0.25, -0.2) is 4.79 Å². The summed E-state index contributed by atoms with van der Waals surface area (Å²) in [6.07, 6.45) is 1.49. The lowest BCUT2D eigenvalue weighted by atomic mass is 9.89. The molecule has 2 atom stereocenters. The summed E-state index contributed by atoms with van der Waals surface area (Å²) in [7, 11) is 1.59. The molecule has 4 rings (SSSR count). The van der Waals surface area contributed by atoms with E-state index in [9.17, 15) is 14.7 Å². The normalized spacial score (nSPS) is 22.9. The van der Waals surface area contributed by atoms with E-state index in [0.29, 0.717) is 36.3 Å². The number of carboxylic acid groups (broad SMARTS) is 1. The zero-order valence-corrected chi connectivity index (χ0v) is 15.0. The molecule has 0 saturated carbocycles. The number of carbonyl (C=O) groups is 2. The predicted molar refractivity (Wildman–Crippen MR) is 97.9 cm³/mol. The van der Waals surface area contributed by atoms with Gasteiger partial charge in [-0.05, 0) is 42.0 Å². The van der Waals surface area contributed by atoms with Crippen molar-refractivity contribution in [2.24, 2.45) is 5.92 Å². The van der Waals surface area contributed by atoms with Gasteiger partial charge >= 0.3 is 5.97 Å². The molecular weight excluding hydrogens is 346 g/mol. The second-order valence-corrected chi connectivity index (χ2v) is 7.04. The smallest absolute Gasteiger partial charge is 0.334 e. The number of ether oxygens (including phenoxy) is 2. The van der Waals surface area contributed by atoms with Crippen molar-refractivity contribution < 1.29 is 24.2 Å². The maximum atomic E-state index is 12.9. The van der Waals surface area contributed by atoms with Crippen LogP contribution in [0, 0.1) is 5.92 Å². The Morgan fingerprint density at radius 3 is 2.81 bits per heavy atom. The number of carbonyl (C=O) groups excluding carboxylic acids is 1. The quantitative estimate of drug-likeness (QED) is 0.866. The first-order valence-electron chi connectivity index (χ1n) is 8.97. The van der Waals surface area contributed by atoms with Crippen LogP contribution in [0.15, 0.2) is 42.5 Å². The molecule has 0 radical (unpaired) electrons. The van der Waals surface area contributed by atoms with Gasteiger partial charge in [0.25, 0.3) is 0 Å². The van der Waals surface area contributed by atoms with Crippen LogP contribution in [0.25, 0.3) is 0 Å². The molecule has 6 heteroatoms. The Balaban J connectivity index is 1.56. The Morgan fingerprint density at radius 1 is 1.22 bits per heavy atom. The van der Waals surface area contributed by atoms with E-state index in [1.807, 2.05) is 24.3 Å². The molecule has 1 aliphatic heterocycles. The molecule has 140 valence electrons. The molecular formula is C21H21NO5. The fourth-order valence-corrected chi connectivity index (χ4v) is 3.98. The van der Waals surface area contributed by atoms with Crippen LogP contribution in [0.3, 0.4) is 0 Å². The number of hydrogen-bond donors (Lipinski definition) is 2. The van der Waals surface area contributed by atoms with Gasteiger partial charge in [-0.15, -0.1) is 0 Å². The van der Waals surface area contributed by atoms with Crippen molar-refractivity contribution in [2.45, 2.75) is 24.8 Å². The van der Waals surface area contributed by atoms with E-state index < -0.39 is 17.4 Å². The van der Waals surface area contributed by atoms with Gasteiger partial charge in [-0.2, -0.15) is 0 Å². The van der Waals surface area contributed by atoms with Gasteiger partial charge in [0.1, 0.15) is 18.1 Å². The van der Waals surface area contributed by atoms with E-state index in [0.717, 1.165) is 11.1 Å². The molecule has 2 aromatic rings. The van der Waals surface area contributed by atoms with Gasteiger partial charge in [0, 0.05) is 6.07 Å². The topological polar surface area (TPSA) is 84.9 Å². The lowest BCUT2D eigenvalue weighted by Crippen LogP contribution is -2.53. The van der Waals surface area contributed by atoms with Crippen molar-refractivity contribution in [1.29, 1.82) is 0 Å². The van der Waals surface area contributed by atoms with E-state index in [2.05, 4.69) is 5.32 Å². The molecule has 2 aliphatic rings. The number of hydrogen-bond acceptors (Lipinski definition) is 4. The van der Waals surface area contributed by atoms with Crippen LogP contribution in [-0.2, 0) is 28.0 Å². The fraction of sp³-hybridized carbons (Fsp3) is 0.333. The third-order valence-electron chi connectivity index (χ3n) is 5.50. The summed E-state index contributed by atoms with van der Waals surface area (Å²) >= 11 is 0. The SMILES string of the molecule is COc1ccc2c(c1)OCC(C(=O)NC1(C(=O)O)CCc3ccccc31)C2. The largest absolute Gasteiger partial charge is 0.497 e. The van der Waals surface area contributed by atoms with E-state index >= 15 is 0 Å². The van der Waals surface area contributed by atoms with Crippen molar-refractivity contribution in [3.05, 3.63) is 59.2 Å². The number of nitrogens with one attached hydrogen (secondary N) is 1. The molecule has 27 heavy (non-hydrogen) atoms. The minimum absolute atomic E-state index is 0.212. The zero-order chi connectivity index (χ0) is 19.0. The maximum Gasteiger partial charge on any atom is 0.334 e. The number of methoxy groups -OCH3 is 1. The summed E-state index contributed by atoms with van der Waals surface area (Å²) in [6.45, 7) is 0.212. The molecule has 0 spiro atoms. The van der Waals surface area contributed by atoms with Gasteiger partial charge in [0.15, 0.2) is 5.54 Å². The van der Waals surface area contributed by atoms with Crippen molar-refractivity contribution >= 4 is 11.9 Å². The number of benzene rings is 2. The number of amides is 1. The highest BCUT2D eigenvalue weighted by Gasteiger charge is 2.47. The summed E-state index contributed by atoms with van der Waals surface area (Å²) in [4.78, 5) is 25.0. The molecule has 6 nitrogen and oxygen atoms in total. The van der Waals surface area contributed by atoms with Crippen LogP contribution in [0.5, 0.6) is 11.5 Å². The van der Waals surface area contributed by atoms with Crippen LogP contribution in [0.4, 0.5) is 0 Å². The number of aliphatic carboxylic acids is 1. The number of aryl methyl sites for hydroxylation is 1. The van der Waals surface area contributed by atoms with Crippen LogP contribution in [-0.4, -0.2) is 30.7 Å². The molecule has 0 fully saturated rings. The van der Waals surface area contributed by atoms with Gasteiger partial charge in [-0.3, -0.25) is 4.79 Å². The van der Waals surface area contributed by atoms with E-state index in [-0.39, 0.29) is 12.5 Å². The van der Waals surface area contributed by atoms with Crippen molar-refractivity contribution in [1.82, 2.24) is 5.32 Å². The van der Waals surface area contributed by atoms with Crippen molar-refractivity contribution in [2.75, 3.05) is 13.7 Å². The summed E-state index contributed by atoms with van der Waals surface area (Å²) in [5.41, 5.74) is 1.19. The Morgan fingerprint density at radius 2 is 2.04 bits per heavy atom. The van der Waals surface area contributed by atoms with Crippen LogP contribution in [0.2, 0.25) is 0 Å². The second-order valence-electron chi connectivity index (χ2n) is 7.04. The van der Waals surface area contributed by atoms with Crippen LogP contribution < -0.4 is 14.8 Å². The summed E-state index contributed by atoms with van der Waals surface area (Å²) in [5.74, 6) is -0.352. The molecule has 1 heterocycles. The minimum Gasteiger partial charge on any atom is -0.497 e. The number of rotatable bonds is 4. The lowest BCUT2D eigenvalue weighted by Gasteiger charge is -2.31. The van der Waals surface area contributed by atoms with Gasteiger partial charge in [0.05, 0.1) is 13.0 Å². The van der Waals surface area contributed by atoms with Crippen LogP contribution >= 0.6 is 0 Å². The highest BCUT2D eigenvalue weighted by Crippen LogP contribution is 2.38. The molecule has 0 bridgehead atoms. The highest BCUT2D eigenvalue weighted by atomic mass is 16.5. The third-order valence-corrected chi connectivity index (χ3v) is 5.50. The third kappa shape index (κ3) is 2.91. The second kappa shape index (κ2) is 6.61. The molecule has 1 amide bonds. The van der Waals surface area contributed by atoms with Crippen molar-refractivity contribution in [3.63, 3.8) is 0 Å². The molecule has 2 unspecified atom stereocenters. The monoisotopic (exact) mass is 367 g/mol. The molecule has 2 N–H and O–H groups in total. The Bertz CT molecular complexity index is 909. The molecule has 1 aliphatic carbocycles. The number of fused-ring (bicyclic) bond motifs is 2. The van der Waals surface area contributed by atoms with Gasteiger partial charge < -0.3 is 19.9 Å². The predicted octanol–water partition coefficient (Wildman–Crippen LogP) is 2.29. The minimum atomic E-state index is -1.37. The van der Waals surface area contributed by atoms with Gasteiger partial charge in [-0.1, -0.05) is 30.3 Å². The summed E-state index contributed by atoms with van der Waals surface area (Å²) < 4.78 is 10.9. The standard InChI is InChI=1S/C21H21NO5/c1-26-16-7-6-14-10-15(12-27-18(14)11-16)19(23)22-21(20(24)25)9-8-13-4-2-3-5-17(13)21/h2-7,11,15H,8-10,12H2,1H3,(H,22,23)(H,24,25). The zero-order valence-electron chi connectivity index (χ0n) is 15.0. The van der Waals surface area contributed by atoms with E-state index in [4.69, 9.17) is 9.47 Å². The van der Waals surface area contributed by atoms with E-state index in [1.54, 1.807) is 25.3 Å². The van der Waals surface area contributed by atoms with E-state index in [1.165, 1.54) is 0 Å². The molecule has 2 aromatic carbocycles. The Labute approximate surface area is 157 Å². The fourth-order valence-electron chi connectivity index (χ4n) is 3.98. The first-order valence-corrected chi connectivity index (χ1v) is 8.97. The van der Waals surface area contributed by atoms with Crippen molar-refractivity contribution in [3.8, 4) is 11.5 Å². The highest BCUT2D eigenvalue weighted by molar-refractivity contribution is 5.90. The lowest BCUT2D eigenvalue weighted by molar-refractivity contribution is -0.149. The Kier molecular flexibility index (Phi) is 4.26. The molecule has 0 aromatic heterocycles. The Hall–Kier alpha value is -3.02. The number of carboxylic acids is 1.